The Bertz CT molecular complexity index is 231. The van der Waals surface area contributed by atoms with Gasteiger partial charge in [0, 0.05) is 24.7 Å². The van der Waals surface area contributed by atoms with Crippen LogP contribution in [0.25, 0.3) is 0 Å². The molecule has 0 aromatic heterocycles. The lowest BCUT2D eigenvalue weighted by atomic mass is 9.83. The second kappa shape index (κ2) is 5.71. The molecule has 0 aromatic carbocycles. The van der Waals surface area contributed by atoms with Gasteiger partial charge in [-0.05, 0) is 45.4 Å². The highest BCUT2D eigenvalue weighted by atomic mass is 16.3. The molecule has 1 aliphatic carbocycles. The van der Waals surface area contributed by atoms with Crippen LogP contribution in [-0.2, 0) is 0 Å². The quantitative estimate of drug-likeness (QED) is 0.748. The van der Waals surface area contributed by atoms with E-state index in [0.717, 1.165) is 12.6 Å². The molecule has 2 fully saturated rings. The Kier molecular flexibility index (Phi) is 4.48. The molecule has 2 aliphatic rings. The van der Waals surface area contributed by atoms with Crippen molar-refractivity contribution in [3.05, 3.63) is 0 Å². The Balaban J connectivity index is 2.03. The van der Waals surface area contributed by atoms with Crippen molar-refractivity contribution < 1.29 is 5.11 Å². The standard InChI is InChI=1S/C15H29NO/c1-15(2)10-9-13(12-17)11-16(15)14-7-5-3-4-6-8-14/h13-14,17H,3-12H2,1-2H3. The van der Waals surface area contributed by atoms with Crippen molar-refractivity contribution in [1.82, 2.24) is 4.90 Å². The number of aliphatic hydroxyl groups is 1. The van der Waals surface area contributed by atoms with Gasteiger partial charge in [0.2, 0.25) is 0 Å². The van der Waals surface area contributed by atoms with Crippen molar-refractivity contribution in [2.75, 3.05) is 13.2 Å². The van der Waals surface area contributed by atoms with Crippen LogP contribution in [0.5, 0.6) is 0 Å². The zero-order valence-electron chi connectivity index (χ0n) is 11.6. The number of piperidine rings is 1. The van der Waals surface area contributed by atoms with Gasteiger partial charge >= 0.3 is 0 Å². The molecule has 0 bridgehead atoms. The first kappa shape index (κ1) is 13.4. The van der Waals surface area contributed by atoms with E-state index < -0.39 is 0 Å². The molecule has 100 valence electrons. The lowest BCUT2D eigenvalue weighted by molar-refractivity contribution is -0.0115. The van der Waals surface area contributed by atoms with Crippen LogP contribution in [0.2, 0.25) is 0 Å². The molecule has 0 radical (unpaired) electrons. The van der Waals surface area contributed by atoms with Gasteiger partial charge in [0.15, 0.2) is 0 Å². The third-order valence-corrected chi connectivity index (χ3v) is 4.92. The number of hydrogen-bond acceptors (Lipinski definition) is 2. The highest BCUT2D eigenvalue weighted by molar-refractivity contribution is 4.92. The fraction of sp³-hybridized carbons (Fsp3) is 1.00. The zero-order chi connectivity index (χ0) is 12.3. The van der Waals surface area contributed by atoms with Gasteiger partial charge < -0.3 is 5.11 Å². The summed E-state index contributed by atoms with van der Waals surface area (Å²) in [6.45, 7) is 6.28. The molecule has 17 heavy (non-hydrogen) atoms. The molecule has 0 aromatic rings. The SMILES string of the molecule is CC1(C)CCC(CO)CN1C1CCCCCC1. The van der Waals surface area contributed by atoms with Crippen molar-refractivity contribution in [3.63, 3.8) is 0 Å². The van der Waals surface area contributed by atoms with E-state index in [1.54, 1.807) is 0 Å². The summed E-state index contributed by atoms with van der Waals surface area (Å²) in [5.41, 5.74) is 0.348. The minimum atomic E-state index is 0.348. The molecule has 1 unspecified atom stereocenters. The molecule has 2 nitrogen and oxygen atoms in total. The molecule has 1 saturated heterocycles. The minimum absolute atomic E-state index is 0.348. The molecule has 1 heterocycles. The van der Waals surface area contributed by atoms with E-state index in [0.29, 0.717) is 18.1 Å². The first-order valence-electron chi connectivity index (χ1n) is 7.51. The molecular weight excluding hydrogens is 210 g/mol. The van der Waals surface area contributed by atoms with Crippen molar-refractivity contribution in [2.45, 2.75) is 76.8 Å². The third kappa shape index (κ3) is 3.23. The van der Waals surface area contributed by atoms with E-state index >= 15 is 0 Å². The number of aliphatic hydroxyl groups excluding tert-OH is 1. The number of nitrogens with zero attached hydrogens (tertiary/aromatic N) is 1. The summed E-state index contributed by atoms with van der Waals surface area (Å²) in [5, 5.41) is 9.41. The Morgan fingerprint density at radius 3 is 2.29 bits per heavy atom. The molecular formula is C15H29NO. The predicted octanol–water partition coefficient (Wildman–Crippen LogP) is 3.19. The lowest BCUT2D eigenvalue weighted by Crippen LogP contribution is -2.55. The average Bonchev–Trinajstić information content (AvgIpc) is 2.57. The largest absolute Gasteiger partial charge is 0.396 e. The van der Waals surface area contributed by atoms with Gasteiger partial charge in [-0.25, -0.2) is 0 Å². The van der Waals surface area contributed by atoms with E-state index in [2.05, 4.69) is 18.7 Å². The number of hydrogen-bond donors (Lipinski definition) is 1. The van der Waals surface area contributed by atoms with Gasteiger partial charge in [0.1, 0.15) is 0 Å². The van der Waals surface area contributed by atoms with Crippen LogP contribution in [0.15, 0.2) is 0 Å². The first-order chi connectivity index (χ1) is 8.13. The summed E-state index contributed by atoms with van der Waals surface area (Å²) in [6.07, 6.45) is 10.9. The van der Waals surface area contributed by atoms with Gasteiger partial charge in [-0.3, -0.25) is 4.90 Å². The normalized spacial score (nSPS) is 32.3. The highest BCUT2D eigenvalue weighted by Crippen LogP contribution is 2.35. The maximum Gasteiger partial charge on any atom is 0.0471 e. The molecule has 1 aliphatic heterocycles. The average molecular weight is 239 g/mol. The van der Waals surface area contributed by atoms with Crippen molar-refractivity contribution >= 4 is 0 Å². The van der Waals surface area contributed by atoms with Crippen LogP contribution in [0.4, 0.5) is 0 Å². The Morgan fingerprint density at radius 1 is 1.06 bits per heavy atom. The maximum atomic E-state index is 9.41. The van der Waals surface area contributed by atoms with Crippen LogP contribution in [0.3, 0.4) is 0 Å². The van der Waals surface area contributed by atoms with Gasteiger partial charge in [-0.1, -0.05) is 25.7 Å². The van der Waals surface area contributed by atoms with Gasteiger partial charge in [-0.2, -0.15) is 0 Å². The van der Waals surface area contributed by atoms with Crippen LogP contribution < -0.4 is 0 Å². The topological polar surface area (TPSA) is 23.5 Å². The van der Waals surface area contributed by atoms with Crippen LogP contribution in [0.1, 0.15) is 65.2 Å². The third-order valence-electron chi connectivity index (χ3n) is 4.92. The van der Waals surface area contributed by atoms with E-state index in [-0.39, 0.29) is 0 Å². The van der Waals surface area contributed by atoms with Gasteiger partial charge in [-0.15, -0.1) is 0 Å². The number of rotatable bonds is 2. The summed E-state index contributed by atoms with van der Waals surface area (Å²) in [5.74, 6) is 0.520. The molecule has 2 rings (SSSR count). The monoisotopic (exact) mass is 239 g/mol. The van der Waals surface area contributed by atoms with Crippen molar-refractivity contribution in [2.24, 2.45) is 5.92 Å². The molecule has 1 atom stereocenters. The molecule has 0 amide bonds. The summed E-state index contributed by atoms with van der Waals surface area (Å²) < 4.78 is 0. The predicted molar refractivity (Wildman–Crippen MR) is 72.1 cm³/mol. The van der Waals surface area contributed by atoms with Crippen LogP contribution in [-0.4, -0.2) is 34.7 Å². The Morgan fingerprint density at radius 2 is 1.71 bits per heavy atom. The maximum absolute atomic E-state index is 9.41. The van der Waals surface area contributed by atoms with Crippen LogP contribution in [0, 0.1) is 5.92 Å². The van der Waals surface area contributed by atoms with Gasteiger partial charge in [0.05, 0.1) is 0 Å². The first-order valence-corrected chi connectivity index (χ1v) is 7.51. The fourth-order valence-corrected chi connectivity index (χ4v) is 3.68. The Hall–Kier alpha value is -0.0800. The van der Waals surface area contributed by atoms with E-state index in [1.165, 1.54) is 51.4 Å². The summed E-state index contributed by atoms with van der Waals surface area (Å²) in [7, 11) is 0. The molecule has 1 N–H and O–H groups in total. The fourth-order valence-electron chi connectivity index (χ4n) is 3.68. The van der Waals surface area contributed by atoms with E-state index in [1.807, 2.05) is 0 Å². The molecule has 1 saturated carbocycles. The second-order valence-corrected chi connectivity index (χ2v) is 6.70. The van der Waals surface area contributed by atoms with Crippen LogP contribution >= 0.6 is 0 Å². The summed E-state index contributed by atoms with van der Waals surface area (Å²) >= 11 is 0. The number of likely N-dealkylation sites (tertiary alicyclic amines) is 1. The Labute approximate surface area is 106 Å². The molecule has 0 spiro atoms. The minimum Gasteiger partial charge on any atom is -0.396 e. The summed E-state index contributed by atoms with van der Waals surface area (Å²) in [6, 6.07) is 0.779. The van der Waals surface area contributed by atoms with E-state index in [9.17, 15) is 5.11 Å². The van der Waals surface area contributed by atoms with Crippen molar-refractivity contribution in [1.29, 1.82) is 0 Å². The second-order valence-electron chi connectivity index (χ2n) is 6.70. The summed E-state index contributed by atoms with van der Waals surface area (Å²) in [4.78, 5) is 2.72. The highest BCUT2D eigenvalue weighted by Gasteiger charge is 2.37. The zero-order valence-corrected chi connectivity index (χ0v) is 11.6. The van der Waals surface area contributed by atoms with Crippen molar-refractivity contribution in [3.8, 4) is 0 Å². The smallest absolute Gasteiger partial charge is 0.0471 e. The van der Waals surface area contributed by atoms with Gasteiger partial charge in [0.25, 0.3) is 0 Å². The van der Waals surface area contributed by atoms with E-state index in [4.69, 9.17) is 0 Å². The molecule has 2 heteroatoms. The lowest BCUT2D eigenvalue weighted by Gasteiger charge is -2.49.